The molecule has 4 nitrogen and oxygen atoms in total. The summed E-state index contributed by atoms with van der Waals surface area (Å²) >= 11 is 11.8. The van der Waals surface area contributed by atoms with Crippen molar-refractivity contribution in [2.24, 2.45) is 0 Å². The smallest absolute Gasteiger partial charge is 0.178 e. The molecule has 2 heterocycles. The van der Waals surface area contributed by atoms with E-state index in [0.29, 0.717) is 22.4 Å². The number of nitrogens with zero attached hydrogens (tertiary/aromatic N) is 3. The summed E-state index contributed by atoms with van der Waals surface area (Å²) in [7, 11) is 0. The van der Waals surface area contributed by atoms with E-state index in [1.807, 2.05) is 6.07 Å². The molecule has 0 spiro atoms. The maximum absolute atomic E-state index is 9.54. The highest BCUT2D eigenvalue weighted by molar-refractivity contribution is 6.37. The van der Waals surface area contributed by atoms with Crippen molar-refractivity contribution in [3.8, 4) is 17.0 Å². The Kier molecular flexibility index (Phi) is 2.97. The van der Waals surface area contributed by atoms with Gasteiger partial charge in [0.05, 0.1) is 21.9 Å². The van der Waals surface area contributed by atoms with Crippen LogP contribution in [0.3, 0.4) is 0 Å². The number of fused-ring (bicyclic) bond motifs is 1. The number of hydrogen-bond acceptors (Lipinski definition) is 4. The zero-order valence-corrected chi connectivity index (χ0v) is 11.0. The minimum atomic E-state index is -0.140. The summed E-state index contributed by atoms with van der Waals surface area (Å²) in [6, 6.07) is 6.80. The quantitative estimate of drug-likeness (QED) is 0.743. The number of pyridine rings is 1. The summed E-state index contributed by atoms with van der Waals surface area (Å²) in [5, 5.41) is 9.88. The molecule has 0 fully saturated rings. The van der Waals surface area contributed by atoms with Gasteiger partial charge in [-0.2, -0.15) is 0 Å². The van der Waals surface area contributed by atoms with E-state index < -0.39 is 0 Å². The molecule has 3 aromatic rings. The number of phenolic OH excluding ortho intramolecular Hbond substituents is 1. The van der Waals surface area contributed by atoms with Gasteiger partial charge < -0.3 is 5.11 Å². The Bertz CT molecular complexity index is 754. The summed E-state index contributed by atoms with van der Waals surface area (Å²) in [6.45, 7) is 0. The van der Waals surface area contributed by atoms with Crippen LogP contribution in [0.4, 0.5) is 0 Å². The van der Waals surface area contributed by atoms with Crippen molar-refractivity contribution < 1.29 is 5.11 Å². The average molecular weight is 292 g/mol. The van der Waals surface area contributed by atoms with E-state index in [9.17, 15) is 5.11 Å². The van der Waals surface area contributed by atoms with Gasteiger partial charge in [0.25, 0.3) is 0 Å². The lowest BCUT2D eigenvalue weighted by Gasteiger charge is -2.05. The molecule has 0 aliphatic rings. The molecule has 0 aliphatic carbocycles. The third kappa shape index (κ3) is 2.20. The van der Waals surface area contributed by atoms with Gasteiger partial charge in [0, 0.05) is 11.8 Å². The molecule has 0 radical (unpaired) electrons. The topological polar surface area (TPSA) is 58.9 Å². The van der Waals surface area contributed by atoms with E-state index in [0.717, 1.165) is 0 Å². The summed E-state index contributed by atoms with van der Waals surface area (Å²) in [4.78, 5) is 12.8. The van der Waals surface area contributed by atoms with Gasteiger partial charge in [-0.15, -0.1) is 0 Å². The number of rotatable bonds is 1. The summed E-state index contributed by atoms with van der Waals surface area (Å²) in [6.07, 6.45) is 3.26. The largest absolute Gasteiger partial charge is 0.505 e. The maximum Gasteiger partial charge on any atom is 0.178 e. The number of aromatic hydroxyl groups is 1. The minimum absolute atomic E-state index is 0.140. The fourth-order valence-corrected chi connectivity index (χ4v) is 2.19. The Hall–Kier alpha value is -1.91. The Morgan fingerprint density at radius 3 is 2.53 bits per heavy atom. The number of phenols is 1. The van der Waals surface area contributed by atoms with E-state index in [2.05, 4.69) is 15.0 Å². The van der Waals surface area contributed by atoms with Crippen LogP contribution in [0.25, 0.3) is 22.4 Å². The number of aromatic nitrogens is 3. The Morgan fingerprint density at radius 2 is 1.79 bits per heavy atom. The van der Waals surface area contributed by atoms with Crippen LogP contribution in [0.15, 0.2) is 36.7 Å². The fourth-order valence-electron chi connectivity index (χ4n) is 1.70. The predicted molar refractivity (Wildman–Crippen MR) is 74.5 cm³/mol. The second-order valence-electron chi connectivity index (χ2n) is 3.89. The highest BCUT2D eigenvalue weighted by Gasteiger charge is 2.10. The van der Waals surface area contributed by atoms with Gasteiger partial charge in [-0.05, 0) is 24.3 Å². The zero-order valence-electron chi connectivity index (χ0n) is 9.51. The Balaban J connectivity index is 2.19. The maximum atomic E-state index is 9.54. The number of halogens is 2. The van der Waals surface area contributed by atoms with Gasteiger partial charge in [-0.1, -0.05) is 23.2 Å². The first kappa shape index (κ1) is 12.1. The van der Waals surface area contributed by atoms with Gasteiger partial charge in [0.1, 0.15) is 5.52 Å². The van der Waals surface area contributed by atoms with E-state index in [-0.39, 0.29) is 15.8 Å². The molecule has 0 unspecified atom stereocenters. The summed E-state index contributed by atoms with van der Waals surface area (Å²) < 4.78 is 0. The predicted octanol–water partition coefficient (Wildman–Crippen LogP) is 3.70. The van der Waals surface area contributed by atoms with Gasteiger partial charge in [0.15, 0.2) is 11.4 Å². The van der Waals surface area contributed by atoms with E-state index in [1.54, 1.807) is 30.6 Å². The molecule has 2 aromatic heterocycles. The van der Waals surface area contributed by atoms with Crippen molar-refractivity contribution in [2.45, 2.75) is 0 Å². The van der Waals surface area contributed by atoms with Gasteiger partial charge in [0.2, 0.25) is 0 Å². The lowest BCUT2D eigenvalue weighted by Crippen LogP contribution is -1.90. The first-order valence-corrected chi connectivity index (χ1v) is 6.17. The van der Waals surface area contributed by atoms with Crippen LogP contribution < -0.4 is 0 Å². The Morgan fingerprint density at radius 1 is 1.05 bits per heavy atom. The van der Waals surface area contributed by atoms with Crippen molar-refractivity contribution in [3.05, 3.63) is 46.7 Å². The molecule has 0 amide bonds. The molecule has 0 atom stereocenters. The van der Waals surface area contributed by atoms with Gasteiger partial charge in [-0.25, -0.2) is 9.97 Å². The lowest BCUT2D eigenvalue weighted by atomic mass is 10.1. The highest BCUT2D eigenvalue weighted by Crippen LogP contribution is 2.35. The van der Waals surface area contributed by atoms with Crippen LogP contribution in [-0.2, 0) is 0 Å². The molecule has 0 aliphatic heterocycles. The van der Waals surface area contributed by atoms with Crippen molar-refractivity contribution in [3.63, 3.8) is 0 Å². The minimum Gasteiger partial charge on any atom is -0.505 e. The summed E-state index contributed by atoms with van der Waals surface area (Å²) in [5.74, 6) is -0.140. The van der Waals surface area contributed by atoms with Crippen molar-refractivity contribution in [1.82, 2.24) is 15.0 Å². The van der Waals surface area contributed by atoms with Crippen LogP contribution in [0, 0.1) is 0 Å². The van der Waals surface area contributed by atoms with Gasteiger partial charge in [-0.3, -0.25) is 4.98 Å². The van der Waals surface area contributed by atoms with Crippen molar-refractivity contribution in [2.75, 3.05) is 0 Å². The van der Waals surface area contributed by atoms with E-state index >= 15 is 0 Å². The monoisotopic (exact) mass is 291 g/mol. The normalized spacial score (nSPS) is 10.8. The fraction of sp³-hybridized carbons (Fsp3) is 0. The lowest BCUT2D eigenvalue weighted by molar-refractivity contribution is 0.476. The van der Waals surface area contributed by atoms with Crippen LogP contribution in [0.1, 0.15) is 0 Å². The molecule has 1 N–H and O–H groups in total. The molecule has 0 saturated carbocycles. The molecule has 19 heavy (non-hydrogen) atoms. The third-order valence-corrected chi connectivity index (χ3v) is 3.21. The van der Waals surface area contributed by atoms with Crippen LogP contribution in [-0.4, -0.2) is 20.1 Å². The molecule has 0 bridgehead atoms. The van der Waals surface area contributed by atoms with Crippen LogP contribution >= 0.6 is 23.2 Å². The standard InChI is InChI=1S/C13H7Cl2N3O/c14-8-4-7(5-9(15)12(8)19)11-6-17-10-2-1-3-16-13(10)18-11/h1-6,19H. The molecule has 6 heteroatoms. The molecular formula is C13H7Cl2N3O. The molecule has 3 rings (SSSR count). The van der Waals surface area contributed by atoms with E-state index in [1.165, 1.54) is 0 Å². The number of hydrogen-bond donors (Lipinski definition) is 1. The first-order chi connectivity index (χ1) is 9.15. The molecule has 94 valence electrons. The van der Waals surface area contributed by atoms with Crippen molar-refractivity contribution >= 4 is 34.4 Å². The second-order valence-corrected chi connectivity index (χ2v) is 4.70. The number of benzene rings is 1. The summed E-state index contributed by atoms with van der Waals surface area (Å²) in [5.41, 5.74) is 2.52. The van der Waals surface area contributed by atoms with E-state index in [4.69, 9.17) is 23.2 Å². The van der Waals surface area contributed by atoms with Gasteiger partial charge >= 0.3 is 0 Å². The van der Waals surface area contributed by atoms with Crippen LogP contribution in [0.2, 0.25) is 10.0 Å². The molecular weight excluding hydrogens is 285 g/mol. The molecule has 1 aromatic carbocycles. The first-order valence-electron chi connectivity index (χ1n) is 5.41. The highest BCUT2D eigenvalue weighted by atomic mass is 35.5. The Labute approximate surface area is 118 Å². The average Bonchev–Trinajstić information content (AvgIpc) is 2.43. The second kappa shape index (κ2) is 4.64. The van der Waals surface area contributed by atoms with Crippen molar-refractivity contribution in [1.29, 1.82) is 0 Å². The molecule has 0 saturated heterocycles. The third-order valence-electron chi connectivity index (χ3n) is 2.63. The SMILES string of the molecule is Oc1c(Cl)cc(-c2cnc3cccnc3n2)cc1Cl. The van der Waals surface area contributed by atoms with Crippen LogP contribution in [0.5, 0.6) is 5.75 Å². The zero-order chi connectivity index (χ0) is 13.4.